The molecule has 0 radical (unpaired) electrons. The highest BCUT2D eigenvalue weighted by atomic mass is 35.5. The van der Waals surface area contributed by atoms with Crippen molar-refractivity contribution in [1.29, 1.82) is 0 Å². The molecule has 2 rings (SSSR count). The van der Waals surface area contributed by atoms with E-state index in [1.807, 2.05) is 6.92 Å². The van der Waals surface area contributed by atoms with Gasteiger partial charge in [-0.25, -0.2) is 13.1 Å². The molecule has 0 saturated carbocycles. The molecule has 1 aromatic rings. The highest BCUT2D eigenvalue weighted by molar-refractivity contribution is 7.89. The van der Waals surface area contributed by atoms with E-state index < -0.39 is 10.0 Å². The fourth-order valence-electron chi connectivity index (χ4n) is 2.00. The normalized spacial score (nSPS) is 22.0. The van der Waals surface area contributed by atoms with Crippen LogP contribution >= 0.6 is 11.6 Å². The van der Waals surface area contributed by atoms with Gasteiger partial charge in [-0.05, 0) is 44.0 Å². The van der Waals surface area contributed by atoms with E-state index in [1.54, 1.807) is 12.1 Å². The summed E-state index contributed by atoms with van der Waals surface area (Å²) in [6.07, 6.45) is 1.84. The average Bonchev–Trinajstić information content (AvgIpc) is 2.82. The lowest BCUT2D eigenvalue weighted by atomic mass is 10.1. The van der Waals surface area contributed by atoms with Gasteiger partial charge in [-0.2, -0.15) is 0 Å². The summed E-state index contributed by atoms with van der Waals surface area (Å²) in [5.41, 5.74) is 0. The smallest absolute Gasteiger partial charge is 0.240 e. The van der Waals surface area contributed by atoms with Crippen molar-refractivity contribution in [2.45, 2.75) is 36.8 Å². The molecule has 18 heavy (non-hydrogen) atoms. The van der Waals surface area contributed by atoms with Gasteiger partial charge in [-0.3, -0.25) is 0 Å². The minimum absolute atomic E-state index is 0.0351. The Morgan fingerprint density at radius 1 is 1.39 bits per heavy atom. The molecule has 6 heteroatoms. The van der Waals surface area contributed by atoms with Crippen LogP contribution in [0.5, 0.6) is 0 Å². The summed E-state index contributed by atoms with van der Waals surface area (Å²) in [5, 5.41) is 0.515. The third kappa shape index (κ3) is 3.23. The number of sulfonamides is 1. The predicted molar refractivity (Wildman–Crippen MR) is 70.2 cm³/mol. The topological polar surface area (TPSA) is 55.4 Å². The van der Waals surface area contributed by atoms with Crippen molar-refractivity contribution < 1.29 is 13.2 Å². The molecule has 1 N–H and O–H groups in total. The molecular formula is C12H16ClNO3S. The zero-order chi connectivity index (χ0) is 13.2. The van der Waals surface area contributed by atoms with Crippen LogP contribution in [0.2, 0.25) is 5.02 Å². The van der Waals surface area contributed by atoms with E-state index in [9.17, 15) is 8.42 Å². The molecule has 1 saturated heterocycles. The van der Waals surface area contributed by atoms with Crippen LogP contribution in [0.4, 0.5) is 0 Å². The summed E-state index contributed by atoms with van der Waals surface area (Å²) in [5.74, 6) is 0. The van der Waals surface area contributed by atoms with E-state index in [1.165, 1.54) is 12.1 Å². The molecule has 0 bridgehead atoms. The van der Waals surface area contributed by atoms with E-state index in [4.69, 9.17) is 16.3 Å². The van der Waals surface area contributed by atoms with Gasteiger partial charge in [0.2, 0.25) is 10.0 Å². The van der Waals surface area contributed by atoms with E-state index >= 15 is 0 Å². The minimum Gasteiger partial charge on any atom is -0.377 e. The largest absolute Gasteiger partial charge is 0.377 e. The van der Waals surface area contributed by atoms with Crippen molar-refractivity contribution in [2.75, 3.05) is 6.61 Å². The molecule has 4 nitrogen and oxygen atoms in total. The number of hydrogen-bond donors (Lipinski definition) is 1. The maximum Gasteiger partial charge on any atom is 0.240 e. The predicted octanol–water partition coefficient (Wildman–Crippen LogP) is 2.19. The van der Waals surface area contributed by atoms with Gasteiger partial charge >= 0.3 is 0 Å². The lowest BCUT2D eigenvalue weighted by molar-refractivity contribution is 0.0902. The summed E-state index contributed by atoms with van der Waals surface area (Å²) in [6.45, 7) is 2.53. The van der Waals surface area contributed by atoms with E-state index in [0.717, 1.165) is 12.8 Å². The first kappa shape index (κ1) is 13.8. The first-order chi connectivity index (χ1) is 8.49. The Morgan fingerprint density at radius 3 is 2.61 bits per heavy atom. The van der Waals surface area contributed by atoms with Crippen LogP contribution in [-0.2, 0) is 14.8 Å². The second kappa shape index (κ2) is 5.57. The van der Waals surface area contributed by atoms with E-state index in [2.05, 4.69) is 4.72 Å². The van der Waals surface area contributed by atoms with Gasteiger partial charge in [0, 0.05) is 17.7 Å². The third-order valence-electron chi connectivity index (χ3n) is 2.99. The van der Waals surface area contributed by atoms with Gasteiger partial charge in [0.05, 0.1) is 11.0 Å². The molecular weight excluding hydrogens is 274 g/mol. The van der Waals surface area contributed by atoms with Crippen LogP contribution in [0.15, 0.2) is 29.2 Å². The van der Waals surface area contributed by atoms with Crippen LogP contribution in [0.3, 0.4) is 0 Å². The highest BCUT2D eigenvalue weighted by Gasteiger charge is 2.26. The zero-order valence-corrected chi connectivity index (χ0v) is 11.7. The summed E-state index contributed by atoms with van der Waals surface area (Å²) >= 11 is 5.74. The van der Waals surface area contributed by atoms with Gasteiger partial charge in [0.15, 0.2) is 0 Å². The van der Waals surface area contributed by atoms with Gasteiger partial charge in [-0.15, -0.1) is 0 Å². The summed E-state index contributed by atoms with van der Waals surface area (Å²) in [4.78, 5) is 0.219. The van der Waals surface area contributed by atoms with Gasteiger partial charge in [0.1, 0.15) is 0 Å². The molecule has 1 aliphatic rings. The fourth-order valence-corrected chi connectivity index (χ4v) is 3.40. The highest BCUT2D eigenvalue weighted by Crippen LogP contribution is 2.18. The molecule has 0 spiro atoms. The number of benzene rings is 1. The minimum atomic E-state index is -3.50. The van der Waals surface area contributed by atoms with Crippen molar-refractivity contribution >= 4 is 21.6 Å². The number of hydrogen-bond acceptors (Lipinski definition) is 3. The number of ether oxygens (including phenoxy) is 1. The molecule has 1 heterocycles. The maximum absolute atomic E-state index is 12.1. The van der Waals surface area contributed by atoms with E-state index in [0.29, 0.717) is 11.6 Å². The Morgan fingerprint density at radius 2 is 2.06 bits per heavy atom. The Kier molecular flexibility index (Phi) is 4.27. The first-order valence-electron chi connectivity index (χ1n) is 5.88. The molecule has 0 unspecified atom stereocenters. The van der Waals surface area contributed by atoms with Crippen molar-refractivity contribution in [3.05, 3.63) is 29.3 Å². The second-order valence-electron chi connectivity index (χ2n) is 4.42. The lowest BCUT2D eigenvalue weighted by Crippen LogP contribution is -2.40. The van der Waals surface area contributed by atoms with E-state index in [-0.39, 0.29) is 17.0 Å². The van der Waals surface area contributed by atoms with Crippen LogP contribution in [0.25, 0.3) is 0 Å². The SMILES string of the molecule is C[C@@H](NS(=O)(=O)c1ccc(Cl)cc1)[C@@H]1CCCO1. The molecule has 0 aliphatic carbocycles. The molecule has 1 fully saturated rings. The van der Waals surface area contributed by atoms with Crippen molar-refractivity contribution in [1.82, 2.24) is 4.72 Å². The van der Waals surface area contributed by atoms with Crippen molar-refractivity contribution in [3.63, 3.8) is 0 Å². The maximum atomic E-state index is 12.1. The van der Waals surface area contributed by atoms with Crippen LogP contribution in [-0.4, -0.2) is 27.2 Å². The molecule has 0 amide bonds. The second-order valence-corrected chi connectivity index (χ2v) is 6.57. The Balaban J connectivity index is 2.09. The number of rotatable bonds is 4. The molecule has 0 aromatic heterocycles. The Labute approximate surface area is 112 Å². The molecule has 1 aromatic carbocycles. The summed E-state index contributed by atoms with van der Waals surface area (Å²) < 4.78 is 32.3. The standard InChI is InChI=1S/C12H16ClNO3S/c1-9(12-3-2-8-17-12)14-18(15,16)11-6-4-10(13)5-7-11/h4-7,9,12,14H,2-3,8H2,1H3/t9-,12+/m1/s1. The summed E-state index contributed by atoms with van der Waals surface area (Å²) in [7, 11) is -3.50. The Bertz CT molecular complexity index is 495. The van der Waals surface area contributed by atoms with Gasteiger partial charge in [0.25, 0.3) is 0 Å². The molecule has 1 aliphatic heterocycles. The van der Waals surface area contributed by atoms with Crippen LogP contribution in [0, 0.1) is 0 Å². The quantitative estimate of drug-likeness (QED) is 0.924. The lowest BCUT2D eigenvalue weighted by Gasteiger charge is -2.19. The average molecular weight is 290 g/mol. The monoisotopic (exact) mass is 289 g/mol. The van der Waals surface area contributed by atoms with Crippen molar-refractivity contribution in [2.24, 2.45) is 0 Å². The molecule has 100 valence electrons. The van der Waals surface area contributed by atoms with Crippen LogP contribution < -0.4 is 4.72 Å². The third-order valence-corrected chi connectivity index (χ3v) is 4.81. The van der Waals surface area contributed by atoms with Gasteiger partial charge in [-0.1, -0.05) is 11.6 Å². The Hall–Kier alpha value is -0.620. The van der Waals surface area contributed by atoms with Gasteiger partial charge < -0.3 is 4.74 Å². The number of halogens is 1. The first-order valence-corrected chi connectivity index (χ1v) is 7.75. The van der Waals surface area contributed by atoms with Crippen LogP contribution in [0.1, 0.15) is 19.8 Å². The zero-order valence-electron chi connectivity index (χ0n) is 10.1. The molecule has 2 atom stereocenters. The summed E-state index contributed by atoms with van der Waals surface area (Å²) in [6, 6.07) is 5.88. The fraction of sp³-hybridized carbons (Fsp3) is 0.500. The number of nitrogens with one attached hydrogen (secondary N) is 1. The van der Waals surface area contributed by atoms with Crippen molar-refractivity contribution in [3.8, 4) is 0 Å².